The SMILES string of the molecule is O=[N+]([O-])c1ccc(-n2nc(Cc3ccccc3F)c3c2NCCCC3)cc1. The van der Waals surface area contributed by atoms with Crippen LogP contribution >= 0.6 is 0 Å². The lowest BCUT2D eigenvalue weighted by Gasteiger charge is -2.09. The van der Waals surface area contributed by atoms with Gasteiger partial charge in [0.05, 0.1) is 16.3 Å². The summed E-state index contributed by atoms with van der Waals surface area (Å²) in [7, 11) is 0. The van der Waals surface area contributed by atoms with Crippen molar-refractivity contribution in [3.63, 3.8) is 0 Å². The zero-order valence-corrected chi connectivity index (χ0v) is 14.7. The summed E-state index contributed by atoms with van der Waals surface area (Å²) in [5.41, 5.74) is 3.32. The van der Waals surface area contributed by atoms with Crippen molar-refractivity contribution < 1.29 is 9.31 Å². The number of hydrogen-bond donors (Lipinski definition) is 1. The van der Waals surface area contributed by atoms with Crippen molar-refractivity contribution in [2.24, 2.45) is 0 Å². The Morgan fingerprint density at radius 1 is 1.15 bits per heavy atom. The highest BCUT2D eigenvalue weighted by Crippen LogP contribution is 2.30. The molecule has 0 saturated carbocycles. The van der Waals surface area contributed by atoms with Crippen molar-refractivity contribution in [3.05, 3.63) is 81.3 Å². The maximum absolute atomic E-state index is 14.1. The molecule has 0 spiro atoms. The summed E-state index contributed by atoms with van der Waals surface area (Å²) in [5, 5.41) is 19.1. The van der Waals surface area contributed by atoms with Gasteiger partial charge in [0.15, 0.2) is 0 Å². The number of non-ortho nitro benzene ring substituents is 1. The minimum Gasteiger partial charge on any atom is -0.370 e. The normalized spacial score (nSPS) is 13.5. The van der Waals surface area contributed by atoms with Gasteiger partial charge in [-0.15, -0.1) is 0 Å². The van der Waals surface area contributed by atoms with E-state index in [0.29, 0.717) is 12.0 Å². The summed E-state index contributed by atoms with van der Waals surface area (Å²) in [5.74, 6) is 0.658. The molecule has 1 N–H and O–H groups in total. The number of nitro benzene ring substituents is 1. The second-order valence-corrected chi connectivity index (χ2v) is 6.61. The number of hydrogen-bond acceptors (Lipinski definition) is 4. The Kier molecular flexibility index (Phi) is 4.58. The van der Waals surface area contributed by atoms with Crippen LogP contribution in [0.1, 0.15) is 29.7 Å². The van der Waals surface area contributed by atoms with E-state index in [1.165, 1.54) is 18.2 Å². The van der Waals surface area contributed by atoms with Gasteiger partial charge in [0, 0.05) is 30.7 Å². The Labute approximate surface area is 155 Å². The highest BCUT2D eigenvalue weighted by Gasteiger charge is 2.21. The van der Waals surface area contributed by atoms with Crippen LogP contribution in [0.3, 0.4) is 0 Å². The molecule has 0 unspecified atom stereocenters. The molecular weight excluding hydrogens is 347 g/mol. The van der Waals surface area contributed by atoms with Gasteiger partial charge in [0.1, 0.15) is 11.6 Å². The van der Waals surface area contributed by atoms with Gasteiger partial charge in [-0.2, -0.15) is 5.10 Å². The average molecular weight is 366 g/mol. The highest BCUT2D eigenvalue weighted by atomic mass is 19.1. The van der Waals surface area contributed by atoms with Crippen LogP contribution in [0.25, 0.3) is 5.69 Å². The number of fused-ring (bicyclic) bond motifs is 1. The molecule has 138 valence electrons. The molecule has 0 fully saturated rings. The largest absolute Gasteiger partial charge is 0.370 e. The Bertz CT molecular complexity index is 982. The van der Waals surface area contributed by atoms with E-state index in [0.717, 1.165) is 48.6 Å². The molecule has 6 nitrogen and oxygen atoms in total. The minimum atomic E-state index is -0.421. The molecule has 3 aromatic rings. The zero-order chi connectivity index (χ0) is 18.8. The maximum atomic E-state index is 14.1. The maximum Gasteiger partial charge on any atom is 0.269 e. The predicted octanol–water partition coefficient (Wildman–Crippen LogP) is 4.26. The lowest BCUT2D eigenvalue weighted by atomic mass is 10.0. The number of anilines is 1. The Morgan fingerprint density at radius 2 is 1.93 bits per heavy atom. The Balaban J connectivity index is 1.77. The van der Waals surface area contributed by atoms with E-state index in [-0.39, 0.29) is 11.5 Å². The molecule has 2 heterocycles. The number of nitrogens with zero attached hydrogens (tertiary/aromatic N) is 3. The summed E-state index contributed by atoms with van der Waals surface area (Å²) < 4.78 is 15.9. The monoisotopic (exact) mass is 366 g/mol. The van der Waals surface area contributed by atoms with Crippen LogP contribution in [0.15, 0.2) is 48.5 Å². The first-order valence-corrected chi connectivity index (χ1v) is 8.96. The molecular formula is C20H19FN4O2. The number of rotatable bonds is 4. The second-order valence-electron chi connectivity index (χ2n) is 6.61. The quantitative estimate of drug-likeness (QED) is 0.553. The minimum absolute atomic E-state index is 0.0385. The molecule has 4 rings (SSSR count). The van der Waals surface area contributed by atoms with Gasteiger partial charge in [-0.1, -0.05) is 18.2 Å². The van der Waals surface area contributed by atoms with E-state index in [2.05, 4.69) is 5.32 Å². The van der Waals surface area contributed by atoms with Crippen LogP contribution in [0.5, 0.6) is 0 Å². The first kappa shape index (κ1) is 17.2. The number of halogens is 1. The molecule has 1 aromatic heterocycles. The first-order chi connectivity index (χ1) is 13.1. The van der Waals surface area contributed by atoms with E-state index >= 15 is 0 Å². The highest BCUT2D eigenvalue weighted by molar-refractivity contribution is 5.56. The summed E-state index contributed by atoms with van der Waals surface area (Å²) in [4.78, 5) is 10.5. The molecule has 0 aliphatic carbocycles. The van der Waals surface area contributed by atoms with Gasteiger partial charge in [0.25, 0.3) is 5.69 Å². The first-order valence-electron chi connectivity index (χ1n) is 8.96. The lowest BCUT2D eigenvalue weighted by molar-refractivity contribution is -0.384. The van der Waals surface area contributed by atoms with Crippen molar-refractivity contribution in [1.82, 2.24) is 9.78 Å². The van der Waals surface area contributed by atoms with Crippen LogP contribution in [-0.4, -0.2) is 21.2 Å². The van der Waals surface area contributed by atoms with E-state index in [9.17, 15) is 14.5 Å². The number of nitrogens with one attached hydrogen (secondary N) is 1. The zero-order valence-electron chi connectivity index (χ0n) is 14.7. The molecule has 1 aliphatic heterocycles. The summed E-state index contributed by atoms with van der Waals surface area (Å²) in [6.45, 7) is 0.838. The summed E-state index contributed by atoms with van der Waals surface area (Å²) in [6.07, 6.45) is 3.38. The predicted molar refractivity (Wildman–Crippen MR) is 101 cm³/mol. The fourth-order valence-corrected chi connectivity index (χ4v) is 3.44. The third-order valence-corrected chi connectivity index (χ3v) is 4.83. The third-order valence-electron chi connectivity index (χ3n) is 4.83. The molecule has 1 aliphatic rings. The second kappa shape index (κ2) is 7.19. The van der Waals surface area contributed by atoms with Crippen molar-refractivity contribution in [3.8, 4) is 5.69 Å². The van der Waals surface area contributed by atoms with Gasteiger partial charge in [-0.05, 0) is 43.0 Å². The number of benzene rings is 2. The smallest absolute Gasteiger partial charge is 0.269 e. The molecule has 27 heavy (non-hydrogen) atoms. The number of aromatic nitrogens is 2. The van der Waals surface area contributed by atoms with Crippen molar-refractivity contribution >= 4 is 11.5 Å². The van der Waals surface area contributed by atoms with Gasteiger partial charge < -0.3 is 5.32 Å². The van der Waals surface area contributed by atoms with E-state index < -0.39 is 4.92 Å². The molecule has 0 saturated heterocycles. The summed E-state index contributed by atoms with van der Waals surface area (Å²) >= 11 is 0. The van der Waals surface area contributed by atoms with Gasteiger partial charge in [-0.25, -0.2) is 9.07 Å². The lowest BCUT2D eigenvalue weighted by Crippen LogP contribution is -2.07. The van der Waals surface area contributed by atoms with E-state index in [1.807, 2.05) is 6.07 Å². The standard InChI is InChI=1S/C20H19FN4O2/c21-18-7-2-1-5-14(18)13-19-17-6-3-4-12-22-20(17)24(23-19)15-8-10-16(11-9-15)25(26)27/h1-2,5,7-11,22H,3-4,6,12-13H2. The van der Waals surface area contributed by atoms with Crippen LogP contribution in [0, 0.1) is 15.9 Å². The topological polar surface area (TPSA) is 73.0 Å². The van der Waals surface area contributed by atoms with Gasteiger partial charge in [-0.3, -0.25) is 10.1 Å². The van der Waals surface area contributed by atoms with Crippen LogP contribution < -0.4 is 5.32 Å². The van der Waals surface area contributed by atoms with Crippen molar-refractivity contribution in [1.29, 1.82) is 0 Å². The summed E-state index contributed by atoms with van der Waals surface area (Å²) in [6, 6.07) is 13.0. The van der Waals surface area contributed by atoms with Crippen molar-refractivity contribution in [2.75, 3.05) is 11.9 Å². The Morgan fingerprint density at radius 3 is 2.67 bits per heavy atom. The molecule has 0 radical (unpaired) electrons. The molecule has 2 aromatic carbocycles. The van der Waals surface area contributed by atoms with E-state index in [1.54, 1.807) is 28.9 Å². The van der Waals surface area contributed by atoms with E-state index in [4.69, 9.17) is 5.10 Å². The van der Waals surface area contributed by atoms with Gasteiger partial charge in [0.2, 0.25) is 0 Å². The third kappa shape index (κ3) is 3.40. The fourth-order valence-electron chi connectivity index (χ4n) is 3.44. The number of nitro groups is 1. The van der Waals surface area contributed by atoms with Crippen LogP contribution in [0.2, 0.25) is 0 Å². The van der Waals surface area contributed by atoms with Crippen LogP contribution in [0.4, 0.5) is 15.9 Å². The molecule has 0 amide bonds. The molecule has 7 heteroatoms. The fraction of sp³-hybridized carbons (Fsp3) is 0.250. The van der Waals surface area contributed by atoms with Crippen LogP contribution in [-0.2, 0) is 12.8 Å². The molecule has 0 atom stereocenters. The molecule has 0 bridgehead atoms. The van der Waals surface area contributed by atoms with Crippen molar-refractivity contribution in [2.45, 2.75) is 25.7 Å². The van der Waals surface area contributed by atoms with Gasteiger partial charge >= 0.3 is 0 Å². The average Bonchev–Trinajstić information content (AvgIpc) is 2.85. The Hall–Kier alpha value is -3.22.